The van der Waals surface area contributed by atoms with Crippen LogP contribution in [0.25, 0.3) is 27.8 Å². The van der Waals surface area contributed by atoms with Crippen LogP contribution in [-0.2, 0) is 14.1 Å². The maximum absolute atomic E-state index is 15.8. The average Bonchev–Trinajstić information content (AvgIpc) is 3.39. The molecule has 3 N–H and O–H groups in total. The molecule has 0 atom stereocenters. The summed E-state index contributed by atoms with van der Waals surface area (Å²) >= 11 is 0. The Bertz CT molecular complexity index is 1720. The third kappa shape index (κ3) is 3.79. The molecule has 180 valence electrons. The van der Waals surface area contributed by atoms with Crippen LogP contribution in [0.4, 0.5) is 10.1 Å². The Kier molecular flexibility index (Phi) is 5.40. The van der Waals surface area contributed by atoms with Crippen LogP contribution in [0.1, 0.15) is 20.8 Å². The van der Waals surface area contributed by atoms with Gasteiger partial charge in [0.05, 0.1) is 28.5 Å². The number of pyridine rings is 1. The normalized spacial score (nSPS) is 11.1. The van der Waals surface area contributed by atoms with Crippen molar-refractivity contribution in [3.8, 4) is 16.9 Å². The van der Waals surface area contributed by atoms with E-state index in [-0.39, 0.29) is 27.9 Å². The molecule has 0 saturated heterocycles. The Morgan fingerprint density at radius 2 is 1.86 bits per heavy atom. The predicted molar refractivity (Wildman–Crippen MR) is 129 cm³/mol. The Labute approximate surface area is 202 Å². The third-order valence-electron chi connectivity index (χ3n) is 5.70. The number of fused-ring (bicyclic) bond motifs is 1. The predicted octanol–water partition coefficient (Wildman–Crippen LogP) is 2.01. The molecule has 0 saturated carbocycles. The number of rotatable bonds is 5. The Balaban J connectivity index is 1.53. The number of amides is 2. The molecule has 5 aromatic rings. The molecule has 0 unspecified atom stereocenters. The number of hydrogen-bond donors (Lipinski definition) is 2. The molecule has 11 nitrogen and oxygen atoms in total. The van der Waals surface area contributed by atoms with Gasteiger partial charge in [0.1, 0.15) is 12.1 Å². The number of nitrogens with zero attached hydrogens (tertiary/aromatic N) is 6. The Morgan fingerprint density at radius 1 is 1.06 bits per heavy atom. The number of hydrogen-bond acceptors (Lipinski definition) is 6. The maximum atomic E-state index is 15.8. The molecule has 0 radical (unpaired) electrons. The number of carbonyl (C=O) groups is 2. The van der Waals surface area contributed by atoms with Crippen LogP contribution in [0.5, 0.6) is 0 Å². The summed E-state index contributed by atoms with van der Waals surface area (Å²) in [5.41, 5.74) is 6.70. The van der Waals surface area contributed by atoms with E-state index in [0.29, 0.717) is 22.6 Å². The van der Waals surface area contributed by atoms with E-state index in [4.69, 9.17) is 5.73 Å². The van der Waals surface area contributed by atoms with Gasteiger partial charge in [-0.2, -0.15) is 10.2 Å². The molecule has 3 aromatic heterocycles. The molecule has 0 fully saturated rings. The van der Waals surface area contributed by atoms with E-state index in [1.165, 1.54) is 45.6 Å². The first-order valence-corrected chi connectivity index (χ1v) is 10.7. The molecule has 0 bridgehead atoms. The van der Waals surface area contributed by atoms with Crippen molar-refractivity contribution in [2.45, 2.75) is 0 Å². The standard InChI is InChI=1S/C24H19FN8O3/c1-31-18-9-7-16(17-8-6-15(11-27-17)33-12-28-32(2)24(33)36)20(25)19(18)21(30-31)23(35)29-14-5-3-4-13(10-14)22(26)34/h3-12H,1-2H3,(H2,26,34)(H,29,35). The second-order valence-electron chi connectivity index (χ2n) is 8.00. The van der Waals surface area contributed by atoms with Gasteiger partial charge in [-0.25, -0.2) is 18.4 Å². The van der Waals surface area contributed by atoms with E-state index in [2.05, 4.69) is 20.5 Å². The minimum absolute atomic E-state index is 0.0212. The van der Waals surface area contributed by atoms with Crippen molar-refractivity contribution in [1.29, 1.82) is 0 Å². The lowest BCUT2D eigenvalue weighted by Crippen LogP contribution is -2.21. The molecule has 12 heteroatoms. The number of benzene rings is 2. The van der Waals surface area contributed by atoms with E-state index in [1.54, 1.807) is 43.4 Å². The van der Waals surface area contributed by atoms with Crippen molar-refractivity contribution in [2.75, 3.05) is 5.32 Å². The van der Waals surface area contributed by atoms with Gasteiger partial charge in [-0.15, -0.1) is 0 Å². The average molecular weight is 486 g/mol. The molecular formula is C24H19FN8O3. The molecule has 2 aromatic carbocycles. The Hall–Kier alpha value is -5.13. The summed E-state index contributed by atoms with van der Waals surface area (Å²) in [5.74, 6) is -1.97. The van der Waals surface area contributed by atoms with E-state index >= 15 is 4.39 Å². The van der Waals surface area contributed by atoms with E-state index in [0.717, 1.165) is 0 Å². The quantitative estimate of drug-likeness (QED) is 0.389. The minimum atomic E-state index is -0.671. The third-order valence-corrected chi connectivity index (χ3v) is 5.70. The monoisotopic (exact) mass is 486 g/mol. The number of anilines is 1. The summed E-state index contributed by atoms with van der Waals surface area (Å²) in [6.45, 7) is 0. The number of halogens is 1. The molecule has 0 spiro atoms. The van der Waals surface area contributed by atoms with Crippen LogP contribution in [0.2, 0.25) is 0 Å². The van der Waals surface area contributed by atoms with Crippen LogP contribution in [0.3, 0.4) is 0 Å². The minimum Gasteiger partial charge on any atom is -0.366 e. The van der Waals surface area contributed by atoms with Crippen molar-refractivity contribution in [1.82, 2.24) is 29.1 Å². The van der Waals surface area contributed by atoms with Crippen molar-refractivity contribution in [2.24, 2.45) is 19.8 Å². The van der Waals surface area contributed by atoms with Crippen LogP contribution in [-0.4, -0.2) is 40.9 Å². The lowest BCUT2D eigenvalue weighted by atomic mass is 10.1. The van der Waals surface area contributed by atoms with Crippen LogP contribution < -0.4 is 16.7 Å². The number of carbonyl (C=O) groups excluding carboxylic acids is 2. The summed E-state index contributed by atoms with van der Waals surface area (Å²) in [6, 6.07) is 12.5. The van der Waals surface area contributed by atoms with Gasteiger partial charge >= 0.3 is 5.69 Å². The van der Waals surface area contributed by atoms with E-state index < -0.39 is 17.6 Å². The van der Waals surface area contributed by atoms with Gasteiger partial charge in [0.25, 0.3) is 5.91 Å². The zero-order valence-electron chi connectivity index (χ0n) is 19.1. The molecule has 2 amide bonds. The van der Waals surface area contributed by atoms with Gasteiger partial charge in [-0.3, -0.25) is 19.3 Å². The van der Waals surface area contributed by atoms with E-state index in [9.17, 15) is 14.4 Å². The molecule has 0 aliphatic heterocycles. The number of nitrogens with one attached hydrogen (secondary N) is 1. The van der Waals surface area contributed by atoms with Gasteiger partial charge in [0.2, 0.25) is 5.91 Å². The summed E-state index contributed by atoms with van der Waals surface area (Å²) < 4.78 is 19.7. The zero-order valence-corrected chi connectivity index (χ0v) is 19.1. The second-order valence-corrected chi connectivity index (χ2v) is 8.00. The fourth-order valence-corrected chi connectivity index (χ4v) is 3.86. The van der Waals surface area contributed by atoms with Crippen LogP contribution >= 0.6 is 0 Å². The van der Waals surface area contributed by atoms with Gasteiger partial charge in [0, 0.05) is 30.9 Å². The summed E-state index contributed by atoms with van der Waals surface area (Å²) in [6.07, 6.45) is 2.80. The largest absolute Gasteiger partial charge is 0.366 e. The summed E-state index contributed by atoms with van der Waals surface area (Å²) in [5, 5.41) is 10.8. The van der Waals surface area contributed by atoms with Gasteiger partial charge in [0.15, 0.2) is 5.69 Å². The highest BCUT2D eigenvalue weighted by atomic mass is 19.1. The first-order chi connectivity index (χ1) is 17.2. The fraction of sp³-hybridized carbons (Fsp3) is 0.0833. The molecule has 36 heavy (non-hydrogen) atoms. The summed E-state index contributed by atoms with van der Waals surface area (Å²) in [4.78, 5) is 40.9. The number of aryl methyl sites for hydroxylation is 2. The number of aromatic nitrogens is 6. The van der Waals surface area contributed by atoms with Crippen LogP contribution in [0, 0.1) is 5.82 Å². The molecular weight excluding hydrogens is 467 g/mol. The SMILES string of the molecule is Cn1ncn(-c2ccc(-c3ccc4c(c(C(=O)Nc5cccc(C(N)=O)c5)nn4C)c3F)nc2)c1=O. The smallest absolute Gasteiger partial charge is 0.350 e. The maximum Gasteiger partial charge on any atom is 0.350 e. The van der Waals surface area contributed by atoms with Gasteiger partial charge in [-0.1, -0.05) is 6.07 Å². The lowest BCUT2D eigenvalue weighted by Gasteiger charge is -2.07. The molecule has 0 aliphatic rings. The van der Waals surface area contributed by atoms with E-state index in [1.807, 2.05) is 0 Å². The van der Waals surface area contributed by atoms with Crippen molar-refractivity contribution in [3.63, 3.8) is 0 Å². The first-order valence-electron chi connectivity index (χ1n) is 10.7. The first kappa shape index (κ1) is 22.7. The topological polar surface area (TPSA) is 143 Å². The van der Waals surface area contributed by atoms with Crippen LogP contribution in [0.15, 0.2) is 65.8 Å². The molecule has 0 aliphatic carbocycles. The number of nitrogens with two attached hydrogens (primary N) is 1. The highest BCUT2D eigenvalue weighted by molar-refractivity contribution is 6.12. The van der Waals surface area contributed by atoms with Crippen molar-refractivity contribution >= 4 is 28.4 Å². The van der Waals surface area contributed by atoms with Crippen molar-refractivity contribution < 1.29 is 14.0 Å². The highest BCUT2D eigenvalue weighted by Gasteiger charge is 2.23. The number of primary amides is 1. The lowest BCUT2D eigenvalue weighted by molar-refractivity contribution is 0.0995. The summed E-state index contributed by atoms with van der Waals surface area (Å²) in [7, 11) is 3.13. The second kappa shape index (κ2) is 8.58. The van der Waals surface area contributed by atoms with Gasteiger partial charge < -0.3 is 11.1 Å². The Morgan fingerprint density at radius 3 is 2.53 bits per heavy atom. The fourth-order valence-electron chi connectivity index (χ4n) is 3.86. The molecule has 5 rings (SSSR count). The highest BCUT2D eigenvalue weighted by Crippen LogP contribution is 2.30. The van der Waals surface area contributed by atoms with Gasteiger partial charge in [-0.05, 0) is 42.5 Å². The zero-order chi connectivity index (χ0) is 25.6. The van der Waals surface area contributed by atoms with Crippen molar-refractivity contribution in [3.05, 3.63) is 88.6 Å². The molecule has 3 heterocycles.